The van der Waals surface area contributed by atoms with Gasteiger partial charge >= 0.3 is 11.9 Å². The van der Waals surface area contributed by atoms with Gasteiger partial charge < -0.3 is 19.3 Å². The summed E-state index contributed by atoms with van der Waals surface area (Å²) in [6, 6.07) is 0. The Labute approximate surface area is 166 Å². The van der Waals surface area contributed by atoms with Gasteiger partial charge in [-0.3, -0.25) is 9.59 Å². The maximum Gasteiger partial charge on any atom is 0.309 e. The summed E-state index contributed by atoms with van der Waals surface area (Å²) in [7, 11) is 0. The Hall–Kier alpha value is -1.40. The van der Waals surface area contributed by atoms with Gasteiger partial charge in [0.15, 0.2) is 0 Å². The van der Waals surface area contributed by atoms with Gasteiger partial charge in [0.25, 0.3) is 0 Å². The van der Waals surface area contributed by atoms with Crippen LogP contribution in [-0.4, -0.2) is 46.6 Å². The van der Waals surface area contributed by atoms with E-state index in [2.05, 4.69) is 6.58 Å². The van der Waals surface area contributed by atoms with Crippen LogP contribution in [0, 0.1) is 23.7 Å². The molecule has 0 radical (unpaired) electrons. The maximum absolute atomic E-state index is 12.9. The van der Waals surface area contributed by atoms with Crippen LogP contribution in [0.3, 0.4) is 0 Å². The first-order chi connectivity index (χ1) is 13.1. The minimum atomic E-state index is -0.808. The van der Waals surface area contributed by atoms with Crippen molar-refractivity contribution in [2.24, 2.45) is 23.7 Å². The summed E-state index contributed by atoms with van der Waals surface area (Å²) < 4.78 is 18.5. The van der Waals surface area contributed by atoms with Crippen molar-refractivity contribution in [1.82, 2.24) is 0 Å². The van der Waals surface area contributed by atoms with Gasteiger partial charge in [-0.1, -0.05) is 13.5 Å². The van der Waals surface area contributed by atoms with Crippen molar-refractivity contribution in [3.63, 3.8) is 0 Å². The zero-order chi connectivity index (χ0) is 20.4. The average Bonchev–Trinajstić information content (AvgIpc) is 2.97. The molecule has 6 nitrogen and oxygen atoms in total. The minimum absolute atomic E-state index is 0.0570. The molecule has 3 aliphatic heterocycles. The number of hydrogen-bond donors (Lipinski definition) is 1. The van der Waals surface area contributed by atoms with Gasteiger partial charge in [-0.25, -0.2) is 0 Å². The second kappa shape index (κ2) is 6.56. The number of carbonyl (C=O) groups excluding carboxylic acids is 2. The van der Waals surface area contributed by atoms with Crippen LogP contribution in [-0.2, 0) is 23.8 Å². The van der Waals surface area contributed by atoms with Gasteiger partial charge in [0.2, 0.25) is 0 Å². The molecule has 7 unspecified atom stereocenters. The van der Waals surface area contributed by atoms with Gasteiger partial charge in [-0.15, -0.1) is 0 Å². The van der Waals surface area contributed by atoms with E-state index in [9.17, 15) is 14.7 Å². The third kappa shape index (κ3) is 2.91. The van der Waals surface area contributed by atoms with Crippen molar-refractivity contribution < 1.29 is 28.9 Å². The molecular formula is C22H32O6. The Morgan fingerprint density at radius 2 is 2.00 bits per heavy atom. The van der Waals surface area contributed by atoms with Crippen molar-refractivity contribution in [2.75, 3.05) is 0 Å². The summed E-state index contributed by atoms with van der Waals surface area (Å²) in [5.74, 6) is -0.572. The molecule has 0 aromatic heterocycles. The van der Waals surface area contributed by atoms with Crippen molar-refractivity contribution in [2.45, 2.75) is 89.3 Å². The van der Waals surface area contributed by atoms with Gasteiger partial charge in [0.1, 0.15) is 17.3 Å². The molecule has 0 amide bonds. The summed E-state index contributed by atoms with van der Waals surface area (Å²) in [5, 5.41) is 10.6. The van der Waals surface area contributed by atoms with Crippen LogP contribution in [0.15, 0.2) is 12.2 Å². The second-order valence-electron chi connectivity index (χ2n) is 9.75. The topological polar surface area (TPSA) is 82.1 Å². The van der Waals surface area contributed by atoms with Gasteiger partial charge in [0.05, 0.1) is 18.1 Å². The summed E-state index contributed by atoms with van der Waals surface area (Å²) in [6.07, 6.45) is 1.89. The number of rotatable bonds is 1. The Balaban J connectivity index is 1.84. The molecule has 156 valence electrons. The molecule has 1 aliphatic carbocycles. The fourth-order valence-corrected chi connectivity index (χ4v) is 6.43. The molecule has 28 heavy (non-hydrogen) atoms. The maximum atomic E-state index is 12.9. The van der Waals surface area contributed by atoms with E-state index in [-0.39, 0.29) is 47.8 Å². The lowest BCUT2D eigenvalue weighted by Gasteiger charge is -2.48. The Morgan fingerprint density at radius 3 is 2.68 bits per heavy atom. The minimum Gasteiger partial charge on any atom is -0.459 e. The van der Waals surface area contributed by atoms with E-state index in [0.29, 0.717) is 25.7 Å². The van der Waals surface area contributed by atoms with E-state index < -0.39 is 17.3 Å². The van der Waals surface area contributed by atoms with Crippen LogP contribution >= 0.6 is 0 Å². The summed E-state index contributed by atoms with van der Waals surface area (Å²) in [5.41, 5.74) is -0.734. The highest BCUT2D eigenvalue weighted by molar-refractivity contribution is 5.73. The fraction of sp³-hybridized carbons (Fsp3) is 0.818. The lowest BCUT2D eigenvalue weighted by molar-refractivity contribution is -0.180. The Bertz CT molecular complexity index is 703. The third-order valence-electron chi connectivity index (χ3n) is 7.84. The molecule has 4 aliphatic rings. The molecular weight excluding hydrogens is 360 g/mol. The number of aliphatic hydroxyl groups excluding tert-OH is 1. The van der Waals surface area contributed by atoms with E-state index >= 15 is 0 Å². The third-order valence-corrected chi connectivity index (χ3v) is 7.84. The van der Waals surface area contributed by atoms with Gasteiger partial charge in [0, 0.05) is 18.8 Å². The molecule has 1 N–H and O–H groups in total. The highest BCUT2D eigenvalue weighted by Gasteiger charge is 2.66. The molecule has 0 aromatic carbocycles. The highest BCUT2D eigenvalue weighted by atomic mass is 16.6. The fourth-order valence-electron chi connectivity index (χ4n) is 6.43. The number of carbonyl (C=O) groups is 2. The van der Waals surface area contributed by atoms with Crippen molar-refractivity contribution >= 4 is 11.9 Å². The van der Waals surface area contributed by atoms with E-state index in [4.69, 9.17) is 14.2 Å². The Morgan fingerprint density at radius 1 is 1.29 bits per heavy atom. The van der Waals surface area contributed by atoms with Crippen molar-refractivity contribution in [1.29, 1.82) is 0 Å². The zero-order valence-electron chi connectivity index (χ0n) is 17.3. The molecule has 4 fully saturated rings. The standard InChI is InChI=1S/C22H32O6/c1-11-10-16-18-17-14(6-8-21(18,4)27-13(3)23)12(2)20(25)28-22(5,19(17)26-16)9-7-15(11)24/h12,14-19,24H,1,6-10H2,2-5H3/t12?,14?,15?,16?,17?,18?,19?,21-,22+/m1/s1. The molecule has 4 rings (SSSR count). The first-order valence-electron chi connectivity index (χ1n) is 10.5. The second-order valence-corrected chi connectivity index (χ2v) is 9.75. The number of hydrogen-bond acceptors (Lipinski definition) is 6. The quantitative estimate of drug-likeness (QED) is 0.546. The van der Waals surface area contributed by atoms with Crippen molar-refractivity contribution in [3.05, 3.63) is 12.2 Å². The normalized spacial score (nSPS) is 50.7. The predicted octanol–water partition coefficient (Wildman–Crippen LogP) is 2.77. The SMILES string of the molecule is C=C1CC2OC3C4C(CC[C@@](C)(OC(C)=O)C24)C(C)C(=O)O[C@@]3(C)CCC1O. The number of ether oxygens (including phenoxy) is 3. The number of esters is 2. The summed E-state index contributed by atoms with van der Waals surface area (Å²) in [4.78, 5) is 24.8. The molecule has 3 saturated heterocycles. The number of aliphatic hydroxyl groups is 1. The van der Waals surface area contributed by atoms with Gasteiger partial charge in [-0.2, -0.15) is 0 Å². The van der Waals surface area contributed by atoms with Crippen molar-refractivity contribution in [3.8, 4) is 0 Å². The lowest BCUT2D eigenvalue weighted by Crippen LogP contribution is -2.54. The van der Waals surface area contributed by atoms with E-state index in [1.165, 1.54) is 6.92 Å². The van der Waals surface area contributed by atoms with E-state index in [1.54, 1.807) is 0 Å². The van der Waals surface area contributed by atoms with Crippen LogP contribution < -0.4 is 0 Å². The summed E-state index contributed by atoms with van der Waals surface area (Å²) in [6.45, 7) is 11.4. The van der Waals surface area contributed by atoms with Crippen LogP contribution in [0.25, 0.3) is 0 Å². The van der Waals surface area contributed by atoms with E-state index in [0.717, 1.165) is 12.0 Å². The molecule has 1 saturated carbocycles. The lowest BCUT2D eigenvalue weighted by atomic mass is 9.58. The highest BCUT2D eigenvalue weighted by Crippen LogP contribution is 2.59. The van der Waals surface area contributed by atoms with Gasteiger partial charge in [-0.05, 0) is 57.4 Å². The predicted molar refractivity (Wildman–Crippen MR) is 101 cm³/mol. The average molecular weight is 392 g/mol. The smallest absolute Gasteiger partial charge is 0.309 e. The molecule has 2 bridgehead atoms. The molecule has 9 atom stereocenters. The first-order valence-corrected chi connectivity index (χ1v) is 10.5. The molecule has 6 heteroatoms. The van der Waals surface area contributed by atoms with Crippen LogP contribution in [0.4, 0.5) is 0 Å². The molecule has 3 heterocycles. The molecule has 0 aromatic rings. The van der Waals surface area contributed by atoms with Crippen LogP contribution in [0.2, 0.25) is 0 Å². The summed E-state index contributed by atoms with van der Waals surface area (Å²) >= 11 is 0. The largest absolute Gasteiger partial charge is 0.459 e. The zero-order valence-corrected chi connectivity index (χ0v) is 17.3. The molecule has 0 spiro atoms. The number of fused-ring (bicyclic) bond motifs is 2. The first kappa shape index (κ1) is 19.9. The monoisotopic (exact) mass is 392 g/mol. The Kier molecular flexibility index (Phi) is 4.66. The van der Waals surface area contributed by atoms with Crippen LogP contribution in [0.1, 0.15) is 59.8 Å². The van der Waals surface area contributed by atoms with E-state index in [1.807, 2.05) is 20.8 Å². The van der Waals surface area contributed by atoms with Crippen LogP contribution in [0.5, 0.6) is 0 Å².